The first-order chi connectivity index (χ1) is 9.81. The summed E-state index contributed by atoms with van der Waals surface area (Å²) in [6, 6.07) is 10.1. The van der Waals surface area contributed by atoms with E-state index in [4.69, 9.17) is 0 Å². The summed E-state index contributed by atoms with van der Waals surface area (Å²) >= 11 is 0. The molecule has 1 saturated heterocycles. The van der Waals surface area contributed by atoms with Crippen LogP contribution in [0.5, 0.6) is 0 Å². The fraction of sp³-hybridized carbons (Fsp3) is 0.375. The average molecular weight is 268 g/mol. The standard InChI is InChI=1S/C16H20N4/c1-20-10-4-5-14(12-20)13-7-9-18-16(11-13)19-15-6-2-3-8-17-15/h2-3,6-9,11,14H,4-5,10,12H2,1H3,(H,17,18,19)/t14-/m0/s1. The number of pyridine rings is 2. The normalized spacial score (nSPS) is 19.8. The molecule has 4 nitrogen and oxygen atoms in total. The van der Waals surface area contributed by atoms with Gasteiger partial charge in [0.25, 0.3) is 0 Å². The summed E-state index contributed by atoms with van der Waals surface area (Å²) in [6.07, 6.45) is 6.20. The van der Waals surface area contributed by atoms with Crippen molar-refractivity contribution in [2.24, 2.45) is 0 Å². The Bertz CT molecular complexity index is 555. The van der Waals surface area contributed by atoms with Crippen molar-refractivity contribution in [2.45, 2.75) is 18.8 Å². The van der Waals surface area contributed by atoms with Gasteiger partial charge in [-0.05, 0) is 62.2 Å². The molecular weight excluding hydrogens is 248 g/mol. The van der Waals surface area contributed by atoms with Gasteiger partial charge in [-0.3, -0.25) is 0 Å². The largest absolute Gasteiger partial charge is 0.325 e. The molecule has 1 fully saturated rings. The molecular formula is C16H20N4. The molecule has 2 aromatic rings. The van der Waals surface area contributed by atoms with Crippen molar-refractivity contribution >= 4 is 11.6 Å². The molecule has 1 aliphatic rings. The summed E-state index contributed by atoms with van der Waals surface area (Å²) in [5.41, 5.74) is 1.37. The molecule has 4 heteroatoms. The van der Waals surface area contributed by atoms with E-state index in [0.29, 0.717) is 5.92 Å². The van der Waals surface area contributed by atoms with E-state index in [1.54, 1.807) is 6.20 Å². The Hall–Kier alpha value is -1.94. The van der Waals surface area contributed by atoms with E-state index in [2.05, 4.69) is 39.4 Å². The van der Waals surface area contributed by atoms with Gasteiger partial charge in [-0.1, -0.05) is 6.07 Å². The Kier molecular flexibility index (Phi) is 3.92. The second-order valence-electron chi connectivity index (χ2n) is 5.42. The highest BCUT2D eigenvalue weighted by molar-refractivity contribution is 5.52. The molecule has 104 valence electrons. The Morgan fingerprint density at radius 1 is 1.15 bits per heavy atom. The van der Waals surface area contributed by atoms with Crippen LogP contribution in [0.25, 0.3) is 0 Å². The summed E-state index contributed by atoms with van der Waals surface area (Å²) in [5, 5.41) is 3.26. The topological polar surface area (TPSA) is 41.1 Å². The Labute approximate surface area is 119 Å². The molecule has 0 bridgehead atoms. The van der Waals surface area contributed by atoms with Crippen LogP contribution in [-0.4, -0.2) is 35.0 Å². The monoisotopic (exact) mass is 268 g/mol. The SMILES string of the molecule is CN1CCC[C@H](c2ccnc(Nc3ccccn3)c2)C1. The lowest BCUT2D eigenvalue weighted by Gasteiger charge is -2.30. The molecule has 1 N–H and O–H groups in total. The van der Waals surface area contributed by atoms with Gasteiger partial charge >= 0.3 is 0 Å². The van der Waals surface area contributed by atoms with E-state index in [1.807, 2.05) is 24.4 Å². The van der Waals surface area contributed by atoms with Gasteiger partial charge in [0.05, 0.1) is 0 Å². The fourth-order valence-electron chi connectivity index (χ4n) is 2.78. The molecule has 1 atom stereocenters. The van der Waals surface area contributed by atoms with Gasteiger partial charge in [0.15, 0.2) is 0 Å². The summed E-state index contributed by atoms with van der Waals surface area (Å²) in [6.45, 7) is 2.34. The Balaban J connectivity index is 1.75. The van der Waals surface area contributed by atoms with Gasteiger partial charge in [-0.15, -0.1) is 0 Å². The van der Waals surface area contributed by atoms with Gasteiger partial charge in [0, 0.05) is 18.9 Å². The third-order valence-corrected chi connectivity index (χ3v) is 3.80. The number of nitrogens with one attached hydrogen (secondary N) is 1. The molecule has 0 unspecified atom stereocenters. The fourth-order valence-corrected chi connectivity index (χ4v) is 2.78. The number of hydrogen-bond donors (Lipinski definition) is 1. The zero-order chi connectivity index (χ0) is 13.8. The molecule has 20 heavy (non-hydrogen) atoms. The van der Waals surface area contributed by atoms with Crippen molar-refractivity contribution in [3.63, 3.8) is 0 Å². The van der Waals surface area contributed by atoms with Gasteiger partial charge < -0.3 is 10.2 Å². The molecule has 0 radical (unpaired) electrons. The number of piperidine rings is 1. The molecule has 1 aliphatic heterocycles. The molecule has 0 aromatic carbocycles. The maximum absolute atomic E-state index is 4.38. The molecule has 2 aromatic heterocycles. The van der Waals surface area contributed by atoms with Crippen LogP contribution in [-0.2, 0) is 0 Å². The minimum absolute atomic E-state index is 0.612. The number of rotatable bonds is 3. The first-order valence-electron chi connectivity index (χ1n) is 7.14. The van der Waals surface area contributed by atoms with Crippen LogP contribution in [0.4, 0.5) is 11.6 Å². The van der Waals surface area contributed by atoms with Gasteiger partial charge in [-0.2, -0.15) is 0 Å². The van der Waals surface area contributed by atoms with Gasteiger partial charge in [0.1, 0.15) is 11.6 Å². The van der Waals surface area contributed by atoms with Crippen molar-refractivity contribution in [1.29, 1.82) is 0 Å². The predicted molar refractivity (Wildman–Crippen MR) is 81.2 cm³/mol. The van der Waals surface area contributed by atoms with E-state index in [-0.39, 0.29) is 0 Å². The van der Waals surface area contributed by atoms with Crippen LogP contribution in [0.15, 0.2) is 42.7 Å². The number of likely N-dealkylation sites (tertiary alicyclic amines) is 1. The van der Waals surface area contributed by atoms with Crippen molar-refractivity contribution in [3.8, 4) is 0 Å². The second kappa shape index (κ2) is 6.01. The smallest absolute Gasteiger partial charge is 0.131 e. The van der Waals surface area contributed by atoms with Gasteiger partial charge in [0.2, 0.25) is 0 Å². The van der Waals surface area contributed by atoms with Crippen molar-refractivity contribution in [3.05, 3.63) is 48.3 Å². The zero-order valence-electron chi connectivity index (χ0n) is 11.8. The number of nitrogens with zero attached hydrogens (tertiary/aromatic N) is 3. The summed E-state index contributed by atoms with van der Waals surface area (Å²) < 4.78 is 0. The minimum atomic E-state index is 0.612. The molecule has 0 aliphatic carbocycles. The van der Waals surface area contributed by atoms with Crippen molar-refractivity contribution in [1.82, 2.24) is 14.9 Å². The third-order valence-electron chi connectivity index (χ3n) is 3.80. The average Bonchev–Trinajstić information content (AvgIpc) is 2.49. The van der Waals surface area contributed by atoms with Crippen molar-refractivity contribution in [2.75, 3.05) is 25.5 Å². The number of anilines is 2. The number of likely N-dealkylation sites (N-methyl/N-ethyl adjacent to an activating group) is 1. The predicted octanol–water partition coefficient (Wildman–Crippen LogP) is 3.03. The van der Waals surface area contributed by atoms with E-state index in [9.17, 15) is 0 Å². The maximum Gasteiger partial charge on any atom is 0.131 e. The van der Waals surface area contributed by atoms with E-state index in [0.717, 1.165) is 18.2 Å². The summed E-state index contributed by atoms with van der Waals surface area (Å²) in [4.78, 5) is 11.1. The first-order valence-corrected chi connectivity index (χ1v) is 7.14. The van der Waals surface area contributed by atoms with E-state index >= 15 is 0 Å². The van der Waals surface area contributed by atoms with Crippen LogP contribution >= 0.6 is 0 Å². The third kappa shape index (κ3) is 3.14. The first kappa shape index (κ1) is 13.1. The van der Waals surface area contributed by atoms with Crippen LogP contribution in [0.3, 0.4) is 0 Å². The van der Waals surface area contributed by atoms with E-state index in [1.165, 1.54) is 24.9 Å². The summed E-state index contributed by atoms with van der Waals surface area (Å²) in [7, 11) is 2.19. The Morgan fingerprint density at radius 3 is 2.85 bits per heavy atom. The second-order valence-corrected chi connectivity index (χ2v) is 5.42. The molecule has 0 spiro atoms. The lowest BCUT2D eigenvalue weighted by atomic mass is 9.91. The Morgan fingerprint density at radius 2 is 2.05 bits per heavy atom. The summed E-state index contributed by atoms with van der Waals surface area (Å²) in [5.74, 6) is 2.31. The molecule has 3 heterocycles. The van der Waals surface area contributed by atoms with E-state index < -0.39 is 0 Å². The molecule has 0 amide bonds. The highest BCUT2D eigenvalue weighted by Crippen LogP contribution is 2.27. The molecule has 0 saturated carbocycles. The number of hydrogen-bond acceptors (Lipinski definition) is 4. The number of aromatic nitrogens is 2. The van der Waals surface area contributed by atoms with Crippen molar-refractivity contribution < 1.29 is 0 Å². The van der Waals surface area contributed by atoms with Gasteiger partial charge in [-0.25, -0.2) is 9.97 Å². The molecule has 3 rings (SSSR count). The lowest BCUT2D eigenvalue weighted by molar-refractivity contribution is 0.251. The van der Waals surface area contributed by atoms with Crippen LogP contribution in [0.1, 0.15) is 24.3 Å². The van der Waals surface area contributed by atoms with Crippen LogP contribution < -0.4 is 5.32 Å². The minimum Gasteiger partial charge on any atom is -0.325 e. The zero-order valence-corrected chi connectivity index (χ0v) is 11.8. The highest BCUT2D eigenvalue weighted by Gasteiger charge is 2.19. The highest BCUT2D eigenvalue weighted by atomic mass is 15.1. The van der Waals surface area contributed by atoms with Crippen LogP contribution in [0.2, 0.25) is 0 Å². The maximum atomic E-state index is 4.38. The van der Waals surface area contributed by atoms with Crippen LogP contribution in [0, 0.1) is 0 Å². The lowest BCUT2D eigenvalue weighted by Crippen LogP contribution is -2.30. The quantitative estimate of drug-likeness (QED) is 0.929.